The quantitative estimate of drug-likeness (QED) is 0.491. The van der Waals surface area contributed by atoms with Crippen molar-refractivity contribution in [2.24, 2.45) is 11.5 Å². The Morgan fingerprint density at radius 2 is 1.64 bits per heavy atom. The van der Waals surface area contributed by atoms with Gasteiger partial charge in [0.15, 0.2) is 0 Å². The maximum atomic E-state index is 5.49. The molecule has 0 aromatic carbocycles. The minimum absolute atomic E-state index is 0.689. The fourth-order valence-electron chi connectivity index (χ4n) is 1.24. The van der Waals surface area contributed by atoms with E-state index in [-0.39, 0.29) is 0 Å². The molecule has 0 atom stereocenters. The maximum Gasteiger partial charge on any atom is 0.0593 e. The van der Waals surface area contributed by atoms with Crippen molar-refractivity contribution in [2.45, 2.75) is 19.8 Å². The van der Waals surface area contributed by atoms with E-state index in [9.17, 15) is 0 Å². The Balaban J connectivity index is 3.30. The lowest BCUT2D eigenvalue weighted by molar-refractivity contribution is 0.103. The second kappa shape index (κ2) is 10.9. The van der Waals surface area contributed by atoms with Gasteiger partial charge in [0.25, 0.3) is 0 Å². The van der Waals surface area contributed by atoms with E-state index in [4.69, 9.17) is 16.2 Å². The molecular formula is C10H25N3O. The molecule has 0 fully saturated rings. The zero-order valence-corrected chi connectivity index (χ0v) is 9.37. The van der Waals surface area contributed by atoms with Gasteiger partial charge in [-0.15, -0.1) is 0 Å². The Bertz CT molecular complexity index is 106. The molecule has 0 saturated carbocycles. The maximum absolute atomic E-state index is 5.49. The van der Waals surface area contributed by atoms with Crippen molar-refractivity contribution in [3.8, 4) is 0 Å². The van der Waals surface area contributed by atoms with Gasteiger partial charge in [0, 0.05) is 39.3 Å². The Hall–Kier alpha value is -0.160. The number of nitrogens with two attached hydrogens (primary N) is 2. The van der Waals surface area contributed by atoms with E-state index in [1.54, 1.807) is 0 Å². The van der Waals surface area contributed by atoms with Crippen LogP contribution in [0.4, 0.5) is 0 Å². The highest BCUT2D eigenvalue weighted by atomic mass is 16.5. The summed E-state index contributed by atoms with van der Waals surface area (Å²) in [5.41, 5.74) is 11.0. The van der Waals surface area contributed by atoms with Gasteiger partial charge in [-0.2, -0.15) is 0 Å². The number of rotatable bonds is 10. The van der Waals surface area contributed by atoms with Crippen LogP contribution in [0.2, 0.25) is 0 Å². The third-order valence-electron chi connectivity index (χ3n) is 2.08. The first-order valence-corrected chi connectivity index (χ1v) is 5.55. The van der Waals surface area contributed by atoms with Crippen molar-refractivity contribution in [3.05, 3.63) is 0 Å². The smallest absolute Gasteiger partial charge is 0.0593 e. The van der Waals surface area contributed by atoms with Gasteiger partial charge in [-0.05, 0) is 6.42 Å². The van der Waals surface area contributed by atoms with Crippen LogP contribution in [0, 0.1) is 0 Å². The van der Waals surface area contributed by atoms with E-state index >= 15 is 0 Å². The van der Waals surface area contributed by atoms with Crippen LogP contribution in [0.25, 0.3) is 0 Å². The summed E-state index contributed by atoms with van der Waals surface area (Å²) in [4.78, 5) is 2.24. The zero-order valence-electron chi connectivity index (χ0n) is 9.37. The van der Waals surface area contributed by atoms with Crippen LogP contribution in [-0.2, 0) is 4.74 Å². The fraction of sp³-hybridized carbons (Fsp3) is 1.00. The van der Waals surface area contributed by atoms with Crippen molar-refractivity contribution >= 4 is 0 Å². The molecule has 0 aliphatic heterocycles. The minimum Gasteiger partial charge on any atom is -0.380 e. The number of hydrogen-bond donors (Lipinski definition) is 2. The molecule has 0 saturated heterocycles. The molecular weight excluding hydrogens is 178 g/mol. The van der Waals surface area contributed by atoms with Crippen LogP contribution in [0.1, 0.15) is 19.8 Å². The third kappa shape index (κ3) is 8.44. The predicted molar refractivity (Wildman–Crippen MR) is 60.3 cm³/mol. The average Bonchev–Trinajstić information content (AvgIpc) is 2.18. The van der Waals surface area contributed by atoms with Crippen LogP contribution in [0.15, 0.2) is 0 Å². The number of ether oxygens (including phenoxy) is 1. The van der Waals surface area contributed by atoms with Crippen molar-refractivity contribution < 1.29 is 4.74 Å². The lowest BCUT2D eigenvalue weighted by Gasteiger charge is -2.20. The normalized spacial score (nSPS) is 11.1. The molecule has 4 nitrogen and oxygen atoms in total. The molecule has 0 rings (SSSR count). The van der Waals surface area contributed by atoms with E-state index in [1.165, 1.54) is 6.42 Å². The zero-order chi connectivity index (χ0) is 10.6. The largest absolute Gasteiger partial charge is 0.380 e. The molecule has 0 aromatic rings. The van der Waals surface area contributed by atoms with Gasteiger partial charge in [0.1, 0.15) is 0 Å². The Morgan fingerprint density at radius 3 is 2.14 bits per heavy atom. The summed E-state index contributed by atoms with van der Waals surface area (Å²) in [5, 5.41) is 0. The van der Waals surface area contributed by atoms with Gasteiger partial charge in [-0.3, -0.25) is 4.90 Å². The molecule has 4 heteroatoms. The van der Waals surface area contributed by atoms with E-state index < -0.39 is 0 Å². The second-order valence-corrected chi connectivity index (χ2v) is 3.38. The molecule has 14 heavy (non-hydrogen) atoms. The van der Waals surface area contributed by atoms with Crippen LogP contribution in [-0.4, -0.2) is 50.8 Å². The van der Waals surface area contributed by atoms with Crippen molar-refractivity contribution in [2.75, 3.05) is 45.9 Å². The first-order valence-electron chi connectivity index (χ1n) is 5.55. The molecule has 0 aliphatic rings. The van der Waals surface area contributed by atoms with Gasteiger partial charge in [-0.1, -0.05) is 13.3 Å². The summed E-state index contributed by atoms with van der Waals surface area (Å²) in [6.45, 7) is 7.97. The molecule has 0 spiro atoms. The minimum atomic E-state index is 0.689. The molecule has 0 heterocycles. The molecule has 4 N–H and O–H groups in total. The Labute approximate surface area is 87.6 Å². The molecule has 0 aliphatic carbocycles. The topological polar surface area (TPSA) is 64.5 Å². The Morgan fingerprint density at radius 1 is 1.00 bits per heavy atom. The van der Waals surface area contributed by atoms with Crippen LogP contribution in [0.5, 0.6) is 0 Å². The Kier molecular flexibility index (Phi) is 10.8. The number of hydrogen-bond acceptors (Lipinski definition) is 4. The molecule has 0 aromatic heterocycles. The first-order chi connectivity index (χ1) is 6.85. The van der Waals surface area contributed by atoms with Gasteiger partial charge >= 0.3 is 0 Å². The van der Waals surface area contributed by atoms with Gasteiger partial charge in [-0.25, -0.2) is 0 Å². The molecule has 0 bridgehead atoms. The van der Waals surface area contributed by atoms with Gasteiger partial charge < -0.3 is 16.2 Å². The first kappa shape index (κ1) is 13.8. The standard InChI is InChI=1S/C10H25N3O/c1-2-3-9-14-10-8-13(6-4-11)7-5-12/h2-12H2,1H3. The van der Waals surface area contributed by atoms with Crippen molar-refractivity contribution in [3.63, 3.8) is 0 Å². The average molecular weight is 203 g/mol. The van der Waals surface area contributed by atoms with E-state index in [0.717, 1.165) is 39.3 Å². The van der Waals surface area contributed by atoms with Gasteiger partial charge in [0.2, 0.25) is 0 Å². The summed E-state index contributed by atoms with van der Waals surface area (Å²) < 4.78 is 5.47. The highest BCUT2D eigenvalue weighted by molar-refractivity contribution is 4.57. The molecule has 0 amide bonds. The SMILES string of the molecule is CCCCOCCN(CCN)CCN. The number of nitrogens with zero attached hydrogens (tertiary/aromatic N) is 1. The predicted octanol–water partition coefficient (Wildman–Crippen LogP) is 0.0225. The number of unbranched alkanes of at least 4 members (excludes halogenated alkanes) is 1. The lowest BCUT2D eigenvalue weighted by Crippen LogP contribution is -2.36. The lowest BCUT2D eigenvalue weighted by atomic mass is 10.4. The summed E-state index contributed by atoms with van der Waals surface area (Å²) >= 11 is 0. The van der Waals surface area contributed by atoms with Crippen molar-refractivity contribution in [1.82, 2.24) is 4.90 Å². The fourth-order valence-corrected chi connectivity index (χ4v) is 1.24. The van der Waals surface area contributed by atoms with E-state index in [2.05, 4.69) is 11.8 Å². The molecule has 86 valence electrons. The van der Waals surface area contributed by atoms with Crippen LogP contribution >= 0.6 is 0 Å². The highest BCUT2D eigenvalue weighted by Gasteiger charge is 2.01. The summed E-state index contributed by atoms with van der Waals surface area (Å²) in [6.07, 6.45) is 2.34. The summed E-state index contributed by atoms with van der Waals surface area (Å²) in [6, 6.07) is 0. The van der Waals surface area contributed by atoms with Gasteiger partial charge in [0.05, 0.1) is 6.61 Å². The van der Waals surface area contributed by atoms with Crippen LogP contribution < -0.4 is 11.5 Å². The van der Waals surface area contributed by atoms with E-state index in [0.29, 0.717) is 13.1 Å². The monoisotopic (exact) mass is 203 g/mol. The van der Waals surface area contributed by atoms with Crippen molar-refractivity contribution in [1.29, 1.82) is 0 Å². The molecule has 0 unspecified atom stereocenters. The second-order valence-electron chi connectivity index (χ2n) is 3.38. The highest BCUT2D eigenvalue weighted by Crippen LogP contribution is 1.90. The van der Waals surface area contributed by atoms with Crippen LogP contribution in [0.3, 0.4) is 0 Å². The summed E-state index contributed by atoms with van der Waals surface area (Å²) in [5.74, 6) is 0. The van der Waals surface area contributed by atoms with E-state index in [1.807, 2.05) is 0 Å². The summed E-state index contributed by atoms with van der Waals surface area (Å²) in [7, 11) is 0. The third-order valence-corrected chi connectivity index (χ3v) is 2.08. The molecule has 0 radical (unpaired) electrons.